The summed E-state index contributed by atoms with van der Waals surface area (Å²) in [6, 6.07) is 8.96. The number of anilines is 1. The van der Waals surface area contributed by atoms with Crippen LogP contribution in [0.2, 0.25) is 0 Å². The highest BCUT2D eigenvalue weighted by Gasteiger charge is 2.19. The van der Waals surface area contributed by atoms with Crippen molar-refractivity contribution in [1.29, 1.82) is 0 Å². The predicted molar refractivity (Wildman–Crippen MR) is 138 cm³/mol. The first-order valence-electron chi connectivity index (χ1n) is 12.2. The molecule has 1 aliphatic rings. The first-order valence-corrected chi connectivity index (χ1v) is 12.2. The third-order valence-electron chi connectivity index (χ3n) is 5.96. The summed E-state index contributed by atoms with van der Waals surface area (Å²) in [5.74, 6) is -0.520. The van der Waals surface area contributed by atoms with Crippen molar-refractivity contribution >= 4 is 28.4 Å². The average Bonchev–Trinajstić information content (AvgIpc) is 2.89. The van der Waals surface area contributed by atoms with Crippen LogP contribution in [0, 0.1) is 11.7 Å². The van der Waals surface area contributed by atoms with Crippen LogP contribution >= 0.6 is 0 Å². The highest BCUT2D eigenvalue weighted by Crippen LogP contribution is 2.39. The van der Waals surface area contributed by atoms with Crippen molar-refractivity contribution in [2.45, 2.75) is 32.7 Å². The minimum Gasteiger partial charge on any atom is -0.491 e. The van der Waals surface area contributed by atoms with E-state index in [4.69, 9.17) is 14.2 Å². The zero-order valence-corrected chi connectivity index (χ0v) is 21.1. The summed E-state index contributed by atoms with van der Waals surface area (Å²) < 4.78 is 32.4. The number of fused-ring (bicyclic) bond motifs is 1. The van der Waals surface area contributed by atoms with Crippen molar-refractivity contribution in [3.05, 3.63) is 48.4 Å². The van der Waals surface area contributed by atoms with Gasteiger partial charge in [0.15, 0.2) is 23.1 Å². The molecule has 1 aliphatic heterocycles. The molecule has 0 unspecified atom stereocenters. The molecule has 3 N–H and O–H groups in total. The molecule has 0 atom stereocenters. The maximum atomic E-state index is 14.8. The summed E-state index contributed by atoms with van der Waals surface area (Å²) in [6.45, 7) is 6.04. The van der Waals surface area contributed by atoms with Gasteiger partial charge in [0.25, 0.3) is 0 Å². The van der Waals surface area contributed by atoms with Crippen molar-refractivity contribution < 1.29 is 28.2 Å². The van der Waals surface area contributed by atoms with E-state index in [1.54, 1.807) is 45.4 Å². The summed E-state index contributed by atoms with van der Waals surface area (Å²) in [4.78, 5) is 28.2. The van der Waals surface area contributed by atoms with E-state index in [2.05, 4.69) is 20.9 Å². The second-order valence-corrected chi connectivity index (χ2v) is 9.14. The van der Waals surface area contributed by atoms with Gasteiger partial charge in [0.2, 0.25) is 0 Å². The van der Waals surface area contributed by atoms with E-state index >= 15 is 0 Å². The number of pyridine rings is 1. The molecule has 0 spiro atoms. The van der Waals surface area contributed by atoms with Crippen LogP contribution in [0.5, 0.6) is 23.0 Å². The van der Waals surface area contributed by atoms with E-state index < -0.39 is 17.6 Å². The van der Waals surface area contributed by atoms with Crippen LogP contribution < -0.4 is 30.2 Å². The Morgan fingerprint density at radius 3 is 2.54 bits per heavy atom. The van der Waals surface area contributed by atoms with E-state index in [9.17, 15) is 14.0 Å². The van der Waals surface area contributed by atoms with Crippen LogP contribution in [0.3, 0.4) is 0 Å². The molecule has 2 amide bonds. The number of hydrogen-bond acceptors (Lipinski definition) is 7. The van der Waals surface area contributed by atoms with Crippen LogP contribution in [-0.4, -0.2) is 49.6 Å². The average molecular weight is 511 g/mol. The summed E-state index contributed by atoms with van der Waals surface area (Å²) in [5, 5.41) is 8.82. The minimum absolute atomic E-state index is 0.0534. The highest BCUT2D eigenvalue weighted by molar-refractivity contribution is 6.39. The smallest absolute Gasteiger partial charge is 0.313 e. The number of aromatic nitrogens is 1. The van der Waals surface area contributed by atoms with Gasteiger partial charge in [-0.2, -0.15) is 0 Å². The van der Waals surface area contributed by atoms with Crippen molar-refractivity contribution in [3.8, 4) is 23.0 Å². The van der Waals surface area contributed by atoms with E-state index in [1.807, 2.05) is 0 Å². The number of hydrogen-bond donors (Lipinski definition) is 3. The Labute approximate surface area is 214 Å². The van der Waals surface area contributed by atoms with Crippen LogP contribution in [0.25, 0.3) is 10.9 Å². The lowest BCUT2D eigenvalue weighted by Crippen LogP contribution is -2.39. The van der Waals surface area contributed by atoms with E-state index in [-0.39, 0.29) is 17.5 Å². The highest BCUT2D eigenvalue weighted by atomic mass is 19.1. The maximum absolute atomic E-state index is 14.8. The zero-order chi connectivity index (χ0) is 26.4. The van der Waals surface area contributed by atoms with Gasteiger partial charge in [-0.3, -0.25) is 14.6 Å². The number of methoxy groups -OCH3 is 1. The van der Waals surface area contributed by atoms with Gasteiger partial charge in [-0.05, 0) is 76.0 Å². The molecule has 37 heavy (non-hydrogen) atoms. The van der Waals surface area contributed by atoms with E-state index in [1.165, 1.54) is 12.1 Å². The lowest BCUT2D eigenvalue weighted by Gasteiger charge is -2.23. The molecule has 10 heteroatoms. The predicted octanol–water partition coefficient (Wildman–Crippen LogP) is 4.02. The van der Waals surface area contributed by atoms with Gasteiger partial charge in [0.1, 0.15) is 11.3 Å². The third kappa shape index (κ3) is 6.45. The number of benzene rings is 2. The fourth-order valence-corrected chi connectivity index (χ4v) is 4.10. The van der Waals surface area contributed by atoms with Crippen LogP contribution in [0.4, 0.5) is 10.1 Å². The maximum Gasteiger partial charge on any atom is 0.313 e. The molecule has 0 aliphatic carbocycles. The van der Waals surface area contributed by atoms with Gasteiger partial charge in [-0.15, -0.1) is 0 Å². The summed E-state index contributed by atoms with van der Waals surface area (Å²) in [5.41, 5.74) is 0.661. The Bertz CT molecular complexity index is 1280. The molecule has 0 saturated carbocycles. The fourth-order valence-electron chi connectivity index (χ4n) is 4.10. The second-order valence-electron chi connectivity index (χ2n) is 9.14. The lowest BCUT2D eigenvalue weighted by molar-refractivity contribution is -0.136. The second kappa shape index (κ2) is 11.9. The molecule has 1 saturated heterocycles. The third-order valence-corrected chi connectivity index (χ3v) is 5.96. The summed E-state index contributed by atoms with van der Waals surface area (Å²) >= 11 is 0. The van der Waals surface area contributed by atoms with E-state index in [0.29, 0.717) is 40.7 Å². The number of rotatable bonds is 8. The van der Waals surface area contributed by atoms with Gasteiger partial charge in [0, 0.05) is 29.4 Å². The monoisotopic (exact) mass is 510 g/mol. The van der Waals surface area contributed by atoms with Crippen LogP contribution in [-0.2, 0) is 9.59 Å². The zero-order valence-electron chi connectivity index (χ0n) is 21.1. The number of piperidine rings is 1. The number of halogens is 1. The first kappa shape index (κ1) is 26.2. The Morgan fingerprint density at radius 2 is 1.84 bits per heavy atom. The summed E-state index contributed by atoms with van der Waals surface area (Å²) in [6.07, 6.45) is 3.67. The van der Waals surface area contributed by atoms with Crippen molar-refractivity contribution in [2.75, 3.05) is 32.1 Å². The van der Waals surface area contributed by atoms with Gasteiger partial charge >= 0.3 is 11.8 Å². The topological polar surface area (TPSA) is 111 Å². The molecule has 196 valence electrons. The molecule has 0 radical (unpaired) electrons. The number of nitrogens with zero attached hydrogens (tertiary/aromatic N) is 1. The standard InChI is InChI=1S/C27H31FN4O5/c1-16(2)31-26(33)27(34)32-18-4-6-22(20(28)14-18)37-21-10-13-30-24-19(21)5-7-23(25(24)35-3)36-15-17-8-11-29-12-9-17/h4-7,10,13-14,16-17,29H,8-9,11-12,15H2,1-3H3,(H,31,33)(H,32,34). The molecule has 3 aromatic rings. The number of carbonyl (C=O) groups excluding carboxylic acids is 2. The largest absolute Gasteiger partial charge is 0.491 e. The quantitative estimate of drug-likeness (QED) is 0.393. The Kier molecular flexibility index (Phi) is 8.39. The van der Waals surface area contributed by atoms with Crippen LogP contribution in [0.15, 0.2) is 42.6 Å². The van der Waals surface area contributed by atoms with Gasteiger partial charge in [0.05, 0.1) is 13.7 Å². The number of amides is 2. The van der Waals surface area contributed by atoms with Crippen molar-refractivity contribution in [1.82, 2.24) is 15.6 Å². The lowest BCUT2D eigenvalue weighted by atomic mass is 9.99. The minimum atomic E-state index is -0.882. The number of carbonyl (C=O) groups is 2. The van der Waals surface area contributed by atoms with Gasteiger partial charge < -0.3 is 30.2 Å². The fraction of sp³-hybridized carbons (Fsp3) is 0.370. The molecule has 1 aromatic heterocycles. The Morgan fingerprint density at radius 1 is 1.08 bits per heavy atom. The van der Waals surface area contributed by atoms with Crippen LogP contribution in [0.1, 0.15) is 26.7 Å². The number of ether oxygens (including phenoxy) is 3. The first-order chi connectivity index (χ1) is 17.9. The molecular weight excluding hydrogens is 479 g/mol. The Balaban J connectivity index is 1.51. The molecule has 0 bridgehead atoms. The molecule has 2 heterocycles. The van der Waals surface area contributed by atoms with Gasteiger partial charge in [-0.25, -0.2) is 4.39 Å². The SMILES string of the molecule is COc1c(OCC2CCNCC2)ccc2c(Oc3ccc(NC(=O)C(=O)NC(C)C)cc3F)ccnc12. The van der Waals surface area contributed by atoms with Crippen molar-refractivity contribution in [2.24, 2.45) is 5.92 Å². The normalized spacial score (nSPS) is 13.9. The molecule has 2 aromatic carbocycles. The molecular formula is C27H31FN4O5. The summed E-state index contributed by atoms with van der Waals surface area (Å²) in [7, 11) is 1.55. The molecule has 4 rings (SSSR count). The van der Waals surface area contributed by atoms with Crippen molar-refractivity contribution in [3.63, 3.8) is 0 Å². The number of nitrogens with one attached hydrogen (secondary N) is 3. The van der Waals surface area contributed by atoms with Gasteiger partial charge in [-0.1, -0.05) is 0 Å². The molecule has 9 nitrogen and oxygen atoms in total. The molecule has 1 fully saturated rings. The van der Waals surface area contributed by atoms with E-state index in [0.717, 1.165) is 32.0 Å². The Hall–Kier alpha value is -3.92.